The molecule has 0 aliphatic rings. The predicted molar refractivity (Wildman–Crippen MR) is 67.7 cm³/mol. The van der Waals surface area contributed by atoms with E-state index in [9.17, 15) is 14.4 Å². The lowest BCUT2D eigenvalue weighted by Gasteiger charge is -2.07. The Hall–Kier alpha value is -2.31. The molecular weight excluding hydrogens is 250 g/mol. The highest BCUT2D eigenvalue weighted by Gasteiger charge is 2.12. The molecule has 0 aliphatic carbocycles. The van der Waals surface area contributed by atoms with Crippen LogP contribution in [0.3, 0.4) is 0 Å². The summed E-state index contributed by atoms with van der Waals surface area (Å²) in [6, 6.07) is 3.13. The summed E-state index contributed by atoms with van der Waals surface area (Å²) < 4.78 is 1.34. The standard InChI is InChI=1S/C12H17N3O4/c1-2-13-10(16)5-6-14-12(19)9-4-3-7-15(9)8-11(17)18/h3-4,7H,2,5-6,8H2,1H3,(H,13,16)(H,14,19)(H,17,18). The maximum Gasteiger partial charge on any atom is 0.323 e. The van der Waals surface area contributed by atoms with Crippen LogP contribution in [0.15, 0.2) is 18.3 Å². The monoisotopic (exact) mass is 267 g/mol. The summed E-state index contributed by atoms with van der Waals surface area (Å²) in [7, 11) is 0. The summed E-state index contributed by atoms with van der Waals surface area (Å²) in [4.78, 5) is 33.6. The molecule has 7 heteroatoms. The second-order valence-electron chi connectivity index (χ2n) is 3.87. The lowest BCUT2D eigenvalue weighted by Crippen LogP contribution is -2.31. The van der Waals surface area contributed by atoms with E-state index in [0.29, 0.717) is 6.54 Å². The van der Waals surface area contributed by atoms with Gasteiger partial charge < -0.3 is 20.3 Å². The van der Waals surface area contributed by atoms with Crippen molar-refractivity contribution in [1.29, 1.82) is 0 Å². The number of amides is 2. The van der Waals surface area contributed by atoms with Crippen LogP contribution in [0.25, 0.3) is 0 Å². The molecule has 2 amide bonds. The highest BCUT2D eigenvalue weighted by atomic mass is 16.4. The molecule has 1 heterocycles. The molecule has 0 atom stereocenters. The Morgan fingerprint density at radius 1 is 1.32 bits per heavy atom. The summed E-state index contributed by atoms with van der Waals surface area (Å²) in [5, 5.41) is 13.9. The van der Waals surface area contributed by atoms with Gasteiger partial charge in [-0.3, -0.25) is 14.4 Å². The largest absolute Gasteiger partial charge is 0.480 e. The quantitative estimate of drug-likeness (QED) is 0.638. The summed E-state index contributed by atoms with van der Waals surface area (Å²) >= 11 is 0. The Morgan fingerprint density at radius 3 is 2.68 bits per heavy atom. The molecule has 19 heavy (non-hydrogen) atoms. The van der Waals surface area contributed by atoms with Gasteiger partial charge in [-0.05, 0) is 19.1 Å². The summed E-state index contributed by atoms with van der Waals surface area (Å²) in [5.41, 5.74) is 0.262. The van der Waals surface area contributed by atoms with E-state index in [1.54, 1.807) is 6.07 Å². The van der Waals surface area contributed by atoms with Gasteiger partial charge >= 0.3 is 5.97 Å². The van der Waals surface area contributed by atoms with Gasteiger partial charge in [0.2, 0.25) is 5.91 Å². The minimum atomic E-state index is -1.02. The highest BCUT2D eigenvalue weighted by molar-refractivity contribution is 5.93. The lowest BCUT2D eigenvalue weighted by molar-refractivity contribution is -0.137. The Balaban J connectivity index is 2.47. The van der Waals surface area contributed by atoms with Gasteiger partial charge in [-0.1, -0.05) is 0 Å². The molecule has 0 aromatic carbocycles. The second kappa shape index (κ2) is 7.20. The molecule has 1 aromatic heterocycles. The van der Waals surface area contributed by atoms with Crippen molar-refractivity contribution in [2.24, 2.45) is 0 Å². The number of hydrogen-bond donors (Lipinski definition) is 3. The first-order valence-corrected chi connectivity index (χ1v) is 5.96. The SMILES string of the molecule is CCNC(=O)CCNC(=O)c1cccn1CC(=O)O. The first kappa shape index (κ1) is 14.7. The molecule has 7 nitrogen and oxygen atoms in total. The number of aromatic nitrogens is 1. The molecule has 0 spiro atoms. The number of carboxylic acids is 1. The van der Waals surface area contributed by atoms with Crippen molar-refractivity contribution in [2.45, 2.75) is 19.9 Å². The zero-order chi connectivity index (χ0) is 14.3. The van der Waals surface area contributed by atoms with Crippen LogP contribution in [0.5, 0.6) is 0 Å². The zero-order valence-electron chi connectivity index (χ0n) is 10.7. The van der Waals surface area contributed by atoms with Gasteiger partial charge in [0.05, 0.1) is 0 Å². The third-order valence-electron chi connectivity index (χ3n) is 2.38. The first-order chi connectivity index (χ1) is 9.04. The van der Waals surface area contributed by atoms with Gasteiger partial charge in [-0.25, -0.2) is 0 Å². The molecule has 0 bridgehead atoms. The third-order valence-corrected chi connectivity index (χ3v) is 2.38. The first-order valence-electron chi connectivity index (χ1n) is 5.96. The van der Waals surface area contributed by atoms with Crippen molar-refractivity contribution in [2.75, 3.05) is 13.1 Å². The van der Waals surface area contributed by atoms with Crippen molar-refractivity contribution in [1.82, 2.24) is 15.2 Å². The van der Waals surface area contributed by atoms with Crippen molar-refractivity contribution in [3.63, 3.8) is 0 Å². The maximum atomic E-state index is 11.8. The molecule has 3 N–H and O–H groups in total. The van der Waals surface area contributed by atoms with E-state index in [0.717, 1.165) is 0 Å². The van der Waals surface area contributed by atoms with E-state index in [4.69, 9.17) is 5.11 Å². The molecule has 1 aromatic rings. The number of rotatable bonds is 7. The number of aliphatic carboxylic acids is 1. The molecule has 0 unspecified atom stereocenters. The zero-order valence-corrected chi connectivity index (χ0v) is 10.7. The summed E-state index contributed by atoms with van der Waals surface area (Å²) in [6.45, 7) is 2.30. The van der Waals surface area contributed by atoms with Crippen LogP contribution in [0, 0.1) is 0 Å². The van der Waals surface area contributed by atoms with Crippen molar-refractivity contribution < 1.29 is 19.5 Å². The topological polar surface area (TPSA) is 100 Å². The van der Waals surface area contributed by atoms with Crippen LogP contribution in [-0.2, 0) is 16.1 Å². The second-order valence-corrected chi connectivity index (χ2v) is 3.87. The number of carbonyl (C=O) groups is 3. The Morgan fingerprint density at radius 2 is 2.05 bits per heavy atom. The molecular formula is C12H17N3O4. The van der Waals surface area contributed by atoms with E-state index in [-0.39, 0.29) is 31.1 Å². The molecule has 0 saturated carbocycles. The Labute approximate surface area is 110 Å². The number of nitrogens with zero attached hydrogens (tertiary/aromatic N) is 1. The van der Waals surface area contributed by atoms with Gasteiger partial charge in [0.15, 0.2) is 0 Å². The van der Waals surface area contributed by atoms with Crippen molar-refractivity contribution >= 4 is 17.8 Å². The van der Waals surface area contributed by atoms with Gasteiger partial charge in [-0.15, -0.1) is 0 Å². The molecule has 0 aliphatic heterocycles. The van der Waals surface area contributed by atoms with Gasteiger partial charge in [0.1, 0.15) is 12.2 Å². The maximum absolute atomic E-state index is 11.8. The fourth-order valence-corrected chi connectivity index (χ4v) is 1.57. The fraction of sp³-hybridized carbons (Fsp3) is 0.417. The minimum Gasteiger partial charge on any atom is -0.480 e. The number of nitrogens with one attached hydrogen (secondary N) is 2. The smallest absolute Gasteiger partial charge is 0.323 e. The van der Waals surface area contributed by atoms with Gasteiger partial charge in [0, 0.05) is 25.7 Å². The van der Waals surface area contributed by atoms with Crippen LogP contribution in [0.1, 0.15) is 23.8 Å². The van der Waals surface area contributed by atoms with Gasteiger partial charge in [0.25, 0.3) is 5.91 Å². The predicted octanol–water partition coefficient (Wildman–Crippen LogP) is -0.171. The van der Waals surface area contributed by atoms with Crippen LogP contribution in [0.2, 0.25) is 0 Å². The van der Waals surface area contributed by atoms with E-state index in [1.807, 2.05) is 6.92 Å². The highest BCUT2D eigenvalue weighted by Crippen LogP contribution is 2.02. The molecule has 0 fully saturated rings. The summed E-state index contributed by atoms with van der Waals surface area (Å²) in [5.74, 6) is -1.55. The number of carboxylic acid groups (broad SMARTS) is 1. The number of hydrogen-bond acceptors (Lipinski definition) is 3. The van der Waals surface area contributed by atoms with E-state index in [2.05, 4.69) is 10.6 Å². The van der Waals surface area contributed by atoms with Crippen LogP contribution in [-0.4, -0.2) is 40.5 Å². The van der Waals surface area contributed by atoms with Gasteiger partial charge in [-0.2, -0.15) is 0 Å². The van der Waals surface area contributed by atoms with E-state index >= 15 is 0 Å². The molecule has 1 rings (SSSR count). The molecule has 0 saturated heterocycles. The van der Waals surface area contributed by atoms with Crippen molar-refractivity contribution in [3.8, 4) is 0 Å². The number of carbonyl (C=O) groups excluding carboxylic acids is 2. The summed E-state index contributed by atoms with van der Waals surface area (Å²) in [6.07, 6.45) is 1.71. The van der Waals surface area contributed by atoms with Crippen LogP contribution < -0.4 is 10.6 Å². The fourth-order valence-electron chi connectivity index (χ4n) is 1.57. The molecule has 0 radical (unpaired) electrons. The average Bonchev–Trinajstić information content (AvgIpc) is 2.76. The Kier molecular flexibility index (Phi) is 5.59. The third kappa shape index (κ3) is 4.82. The lowest BCUT2D eigenvalue weighted by atomic mass is 10.3. The van der Waals surface area contributed by atoms with Crippen LogP contribution >= 0.6 is 0 Å². The van der Waals surface area contributed by atoms with Crippen LogP contribution in [0.4, 0.5) is 0 Å². The normalized spacial score (nSPS) is 9.95. The average molecular weight is 267 g/mol. The Bertz CT molecular complexity index is 467. The minimum absolute atomic E-state index is 0.135. The van der Waals surface area contributed by atoms with Crippen molar-refractivity contribution in [3.05, 3.63) is 24.0 Å². The molecule has 104 valence electrons. The van der Waals surface area contributed by atoms with E-state index < -0.39 is 11.9 Å². The van der Waals surface area contributed by atoms with E-state index in [1.165, 1.54) is 16.8 Å².